The van der Waals surface area contributed by atoms with Gasteiger partial charge in [-0.25, -0.2) is 0 Å². The number of nitrogens with zero attached hydrogens (tertiary/aromatic N) is 2. The van der Waals surface area contributed by atoms with Gasteiger partial charge in [0.25, 0.3) is 0 Å². The Morgan fingerprint density at radius 2 is 2.00 bits per heavy atom. The molecule has 1 aromatic heterocycles. The molecule has 0 bridgehead atoms. The van der Waals surface area contributed by atoms with Crippen LogP contribution >= 0.6 is 0 Å². The molecule has 0 amide bonds. The first-order chi connectivity index (χ1) is 9.38. The van der Waals surface area contributed by atoms with Crippen molar-refractivity contribution in [2.75, 3.05) is 11.4 Å². The normalized spacial score (nSPS) is 10.9. The average Bonchev–Trinajstić information content (AvgIpc) is 2.32. The summed E-state index contributed by atoms with van der Waals surface area (Å²) < 4.78 is 0. The molecule has 0 aliphatic carbocycles. The number of nitrogen functional groups attached to an aromatic ring is 1. The van der Waals surface area contributed by atoms with Crippen molar-refractivity contribution in [3.8, 4) is 0 Å². The van der Waals surface area contributed by atoms with Crippen molar-refractivity contribution in [1.82, 2.24) is 4.98 Å². The quantitative estimate of drug-likeness (QED) is 0.456. The van der Waals surface area contributed by atoms with Crippen molar-refractivity contribution in [2.45, 2.75) is 59.9 Å². The Labute approximate surface area is 122 Å². The number of rotatable bonds is 7. The highest BCUT2D eigenvalue weighted by Gasteiger charge is 2.18. The number of hydrogen-bond acceptors (Lipinski definition) is 3. The Morgan fingerprint density at radius 1 is 1.35 bits per heavy atom. The second-order valence-corrected chi connectivity index (χ2v) is 5.65. The van der Waals surface area contributed by atoms with E-state index in [1.165, 1.54) is 12.8 Å². The Morgan fingerprint density at radius 3 is 2.50 bits per heavy atom. The molecule has 112 valence electrons. The van der Waals surface area contributed by atoms with Gasteiger partial charge in [-0.15, -0.1) is 0 Å². The topological polar surface area (TPSA) is 66.0 Å². The van der Waals surface area contributed by atoms with Crippen LogP contribution in [0.25, 0.3) is 0 Å². The SMILES string of the molecule is CCCCCN(c1cc(C)nc(C)c1C(=N)N)C(C)C. The zero-order valence-electron chi connectivity index (χ0n) is 13.5. The minimum absolute atomic E-state index is 0.103. The number of hydrogen-bond donors (Lipinski definition) is 2. The van der Waals surface area contributed by atoms with Crippen molar-refractivity contribution >= 4 is 11.5 Å². The molecule has 0 aromatic carbocycles. The van der Waals surface area contributed by atoms with Gasteiger partial charge in [0.05, 0.1) is 16.9 Å². The molecule has 0 unspecified atom stereocenters. The highest BCUT2D eigenvalue weighted by molar-refractivity contribution is 6.01. The Bertz CT molecular complexity index is 466. The van der Waals surface area contributed by atoms with Crippen LogP contribution in [0.15, 0.2) is 6.07 Å². The van der Waals surface area contributed by atoms with Crippen LogP contribution in [-0.4, -0.2) is 23.4 Å². The van der Waals surface area contributed by atoms with Crippen molar-refractivity contribution in [1.29, 1.82) is 5.41 Å². The smallest absolute Gasteiger partial charge is 0.126 e. The first kappa shape index (κ1) is 16.5. The van der Waals surface area contributed by atoms with Crippen LogP contribution < -0.4 is 10.6 Å². The van der Waals surface area contributed by atoms with Gasteiger partial charge >= 0.3 is 0 Å². The molecule has 0 fully saturated rings. The molecule has 1 aromatic rings. The monoisotopic (exact) mass is 276 g/mol. The molecule has 0 saturated carbocycles. The summed E-state index contributed by atoms with van der Waals surface area (Å²) in [7, 11) is 0. The number of aromatic nitrogens is 1. The van der Waals surface area contributed by atoms with E-state index in [4.69, 9.17) is 11.1 Å². The van der Waals surface area contributed by atoms with Crippen molar-refractivity contribution in [3.63, 3.8) is 0 Å². The number of nitrogens with two attached hydrogens (primary N) is 1. The van der Waals surface area contributed by atoms with Gasteiger partial charge in [0, 0.05) is 18.3 Å². The van der Waals surface area contributed by atoms with Crippen LogP contribution in [0.1, 0.15) is 57.0 Å². The average molecular weight is 276 g/mol. The van der Waals surface area contributed by atoms with Gasteiger partial charge in [-0.3, -0.25) is 10.4 Å². The lowest BCUT2D eigenvalue weighted by atomic mass is 10.1. The fourth-order valence-corrected chi connectivity index (χ4v) is 2.56. The second-order valence-electron chi connectivity index (χ2n) is 5.65. The fourth-order valence-electron chi connectivity index (χ4n) is 2.56. The summed E-state index contributed by atoms with van der Waals surface area (Å²) >= 11 is 0. The molecular weight excluding hydrogens is 248 g/mol. The Balaban J connectivity index is 3.21. The first-order valence-electron chi connectivity index (χ1n) is 7.47. The Hall–Kier alpha value is -1.58. The van der Waals surface area contributed by atoms with Crippen LogP contribution in [0, 0.1) is 19.3 Å². The summed E-state index contributed by atoms with van der Waals surface area (Å²) in [5.74, 6) is 0.103. The molecule has 3 N–H and O–H groups in total. The second kappa shape index (κ2) is 7.27. The van der Waals surface area contributed by atoms with E-state index in [1.54, 1.807) is 0 Å². The highest BCUT2D eigenvalue weighted by Crippen LogP contribution is 2.26. The third kappa shape index (κ3) is 3.95. The molecule has 1 rings (SSSR count). The largest absolute Gasteiger partial charge is 0.384 e. The lowest BCUT2D eigenvalue weighted by molar-refractivity contribution is 0.625. The maximum atomic E-state index is 7.85. The van der Waals surface area contributed by atoms with E-state index < -0.39 is 0 Å². The number of anilines is 1. The summed E-state index contributed by atoms with van der Waals surface area (Å²) in [5.41, 5.74) is 9.42. The lowest BCUT2D eigenvalue weighted by Crippen LogP contribution is -2.34. The van der Waals surface area contributed by atoms with Crippen LogP contribution in [0.5, 0.6) is 0 Å². The highest BCUT2D eigenvalue weighted by atomic mass is 15.2. The summed E-state index contributed by atoms with van der Waals surface area (Å²) in [6.07, 6.45) is 3.59. The number of aryl methyl sites for hydroxylation is 2. The van der Waals surface area contributed by atoms with E-state index in [0.717, 1.165) is 35.6 Å². The van der Waals surface area contributed by atoms with E-state index in [-0.39, 0.29) is 5.84 Å². The van der Waals surface area contributed by atoms with Gasteiger partial charge < -0.3 is 10.6 Å². The lowest BCUT2D eigenvalue weighted by Gasteiger charge is -2.31. The van der Waals surface area contributed by atoms with Gasteiger partial charge in [0.15, 0.2) is 0 Å². The fraction of sp³-hybridized carbons (Fsp3) is 0.625. The van der Waals surface area contributed by atoms with Gasteiger partial charge in [0.1, 0.15) is 5.84 Å². The number of amidine groups is 1. The third-order valence-corrected chi connectivity index (χ3v) is 3.51. The number of nitrogens with one attached hydrogen (secondary N) is 1. The molecular formula is C16H28N4. The minimum atomic E-state index is 0.103. The molecule has 0 spiro atoms. The van der Waals surface area contributed by atoms with Gasteiger partial charge in [-0.2, -0.15) is 0 Å². The summed E-state index contributed by atoms with van der Waals surface area (Å²) in [5, 5.41) is 7.85. The van der Waals surface area contributed by atoms with Gasteiger partial charge in [-0.1, -0.05) is 19.8 Å². The first-order valence-corrected chi connectivity index (χ1v) is 7.47. The minimum Gasteiger partial charge on any atom is -0.384 e. The van der Waals surface area contributed by atoms with Gasteiger partial charge in [0.2, 0.25) is 0 Å². The molecule has 20 heavy (non-hydrogen) atoms. The van der Waals surface area contributed by atoms with E-state index in [0.29, 0.717) is 6.04 Å². The van der Waals surface area contributed by atoms with Crippen LogP contribution in [0.4, 0.5) is 5.69 Å². The van der Waals surface area contributed by atoms with Crippen LogP contribution in [-0.2, 0) is 0 Å². The van der Waals surface area contributed by atoms with Gasteiger partial charge in [-0.05, 0) is 40.2 Å². The molecule has 0 radical (unpaired) electrons. The molecule has 4 nitrogen and oxygen atoms in total. The van der Waals surface area contributed by atoms with Crippen LogP contribution in [0.3, 0.4) is 0 Å². The van der Waals surface area contributed by atoms with E-state index in [1.807, 2.05) is 13.8 Å². The van der Waals surface area contributed by atoms with E-state index >= 15 is 0 Å². The predicted molar refractivity (Wildman–Crippen MR) is 86.7 cm³/mol. The number of pyridine rings is 1. The molecule has 0 atom stereocenters. The maximum Gasteiger partial charge on any atom is 0.126 e. The molecule has 0 aliphatic rings. The third-order valence-electron chi connectivity index (χ3n) is 3.51. The summed E-state index contributed by atoms with van der Waals surface area (Å²) in [4.78, 5) is 6.79. The maximum absolute atomic E-state index is 7.85. The Kier molecular flexibility index (Phi) is 5.99. The van der Waals surface area contributed by atoms with E-state index in [2.05, 4.69) is 36.7 Å². The van der Waals surface area contributed by atoms with Crippen molar-refractivity contribution < 1.29 is 0 Å². The zero-order valence-corrected chi connectivity index (χ0v) is 13.5. The summed E-state index contributed by atoms with van der Waals surface area (Å²) in [6, 6.07) is 2.43. The summed E-state index contributed by atoms with van der Waals surface area (Å²) in [6.45, 7) is 11.5. The number of unbranched alkanes of at least 4 members (excludes halogenated alkanes) is 2. The zero-order chi connectivity index (χ0) is 15.3. The van der Waals surface area contributed by atoms with E-state index in [9.17, 15) is 0 Å². The van der Waals surface area contributed by atoms with Crippen molar-refractivity contribution in [3.05, 3.63) is 23.0 Å². The standard InChI is InChI=1S/C16H28N4/c1-6-7-8-9-20(11(2)3)14-10-12(4)19-13(5)15(14)16(17)18/h10-11H,6-9H2,1-5H3,(H3,17,18). The molecule has 1 heterocycles. The molecule has 0 saturated heterocycles. The predicted octanol–water partition coefficient (Wildman–Crippen LogP) is 3.39. The van der Waals surface area contributed by atoms with Crippen LogP contribution in [0.2, 0.25) is 0 Å². The molecule has 0 aliphatic heterocycles. The molecule has 4 heteroatoms. The van der Waals surface area contributed by atoms with Crippen molar-refractivity contribution in [2.24, 2.45) is 5.73 Å².